The van der Waals surface area contributed by atoms with Gasteiger partial charge in [0.15, 0.2) is 0 Å². The van der Waals surface area contributed by atoms with Crippen molar-refractivity contribution in [3.8, 4) is 22.5 Å². The Morgan fingerprint density at radius 1 is 0.833 bits per heavy atom. The average molecular weight is 649 g/mol. The molecule has 4 nitrogen and oxygen atoms in total. The van der Waals surface area contributed by atoms with Crippen LogP contribution in [0.4, 0.5) is 0 Å². The molecule has 0 aliphatic carbocycles. The van der Waals surface area contributed by atoms with Crippen LogP contribution in [0.25, 0.3) is 44.6 Å². The number of aromatic nitrogens is 3. The van der Waals surface area contributed by atoms with Gasteiger partial charge in [-0.05, 0) is 48.0 Å². The van der Waals surface area contributed by atoms with E-state index >= 15 is 0 Å². The Hall–Kier alpha value is -3.66. The number of rotatable bonds is 3. The van der Waals surface area contributed by atoms with Crippen molar-refractivity contribution in [1.29, 1.82) is 0 Å². The van der Waals surface area contributed by atoms with Crippen LogP contribution in [0.1, 0.15) is 32.2 Å². The summed E-state index contributed by atoms with van der Waals surface area (Å²) in [7, 11) is 0. The summed E-state index contributed by atoms with van der Waals surface area (Å²) in [4.78, 5) is 13.0. The van der Waals surface area contributed by atoms with E-state index in [1.807, 2.05) is 93.7 Å². The number of nitrogens with zero attached hydrogens (tertiary/aromatic N) is 3. The van der Waals surface area contributed by atoms with Gasteiger partial charge in [-0.1, -0.05) is 48.6 Å². The number of benzene rings is 2. The molecule has 6 aromatic rings. The fourth-order valence-corrected chi connectivity index (χ4v) is 3.82. The zero-order valence-electron chi connectivity index (χ0n) is 21.2. The smallest absolute Gasteiger partial charge is 0.216 e. The monoisotopic (exact) mass is 649 g/mol. The molecule has 0 saturated carbocycles. The molecule has 0 atom stereocenters. The first-order chi connectivity index (χ1) is 17.4. The van der Waals surface area contributed by atoms with Crippen molar-refractivity contribution < 1.29 is 25.9 Å². The van der Waals surface area contributed by atoms with Crippen molar-refractivity contribution in [2.75, 3.05) is 0 Å². The summed E-state index contributed by atoms with van der Waals surface area (Å²) in [5.41, 5.74) is 7.00. The molecular formula is C31H25IrN3O-2. The van der Waals surface area contributed by atoms with Gasteiger partial charge in [-0.25, -0.2) is 4.98 Å². The zero-order chi connectivity index (χ0) is 25.1. The molecule has 36 heavy (non-hydrogen) atoms. The van der Waals surface area contributed by atoms with E-state index in [1.165, 1.54) is 5.56 Å². The van der Waals surface area contributed by atoms with Gasteiger partial charge in [-0.3, -0.25) is 0 Å². The van der Waals surface area contributed by atoms with Crippen LogP contribution in [0.15, 0.2) is 95.8 Å². The maximum atomic E-state index is 8.21. The number of furan rings is 1. The van der Waals surface area contributed by atoms with Crippen molar-refractivity contribution in [2.45, 2.75) is 26.7 Å². The molecule has 0 N–H and O–H groups in total. The van der Waals surface area contributed by atoms with Gasteiger partial charge in [-0.2, -0.15) is 0 Å². The summed E-state index contributed by atoms with van der Waals surface area (Å²) >= 11 is 0. The molecule has 0 bridgehead atoms. The Balaban J connectivity index is 0.000000195. The van der Waals surface area contributed by atoms with E-state index in [4.69, 9.17) is 5.79 Å². The second-order valence-electron chi connectivity index (χ2n) is 8.48. The number of pyridine rings is 3. The van der Waals surface area contributed by atoms with E-state index in [9.17, 15) is 0 Å². The van der Waals surface area contributed by atoms with E-state index in [1.54, 1.807) is 12.4 Å². The van der Waals surface area contributed by atoms with E-state index in [0.29, 0.717) is 5.71 Å². The zero-order valence-corrected chi connectivity index (χ0v) is 22.6. The summed E-state index contributed by atoms with van der Waals surface area (Å²) in [5.74, 6) is -0.680. The summed E-state index contributed by atoms with van der Waals surface area (Å²) in [6.07, 6.45) is 5.32. The van der Waals surface area contributed by atoms with Crippen LogP contribution < -0.4 is 0 Å². The van der Waals surface area contributed by atoms with Crippen LogP contribution in [0.2, 0.25) is 0 Å². The van der Waals surface area contributed by atoms with Gasteiger partial charge >= 0.3 is 0 Å². The molecule has 1 radical (unpaired) electrons. The fraction of sp³-hybridized carbons (Fsp3) is 0.129. The molecule has 2 aromatic carbocycles. The van der Waals surface area contributed by atoms with Gasteiger partial charge in [0.25, 0.3) is 0 Å². The number of hydrogen-bond donors (Lipinski definition) is 0. The quantitative estimate of drug-likeness (QED) is 0.184. The molecule has 0 amide bonds. The Morgan fingerprint density at radius 2 is 1.72 bits per heavy atom. The van der Waals surface area contributed by atoms with Crippen molar-refractivity contribution >= 4 is 22.1 Å². The second-order valence-corrected chi connectivity index (χ2v) is 8.48. The van der Waals surface area contributed by atoms with Crippen LogP contribution in [-0.4, -0.2) is 15.0 Å². The van der Waals surface area contributed by atoms with E-state index in [2.05, 4.69) is 33.2 Å². The molecule has 4 aromatic heterocycles. The molecule has 0 aliphatic rings. The Bertz CT molecular complexity index is 1620. The Morgan fingerprint density at radius 3 is 2.47 bits per heavy atom. The van der Waals surface area contributed by atoms with Gasteiger partial charge < -0.3 is 14.4 Å². The number of hydrogen-bond acceptors (Lipinski definition) is 4. The van der Waals surface area contributed by atoms with Crippen LogP contribution >= 0.6 is 0 Å². The summed E-state index contributed by atoms with van der Waals surface area (Å²) in [6.45, 7) is 5.76. The standard InChI is InChI=1S/C19H15N2O.C12H10N.Ir/c1-12(2)13-8-10-20-17(11-13)16-6-3-5-14-15-7-4-9-21-19(15)22-18(14)16;1-10-7-8-12(13-9-10)11-5-3-2-4-6-11;/h3-5,7-12H,1-2H3;2-5,7-9H,1H3;/q2*-1;/i12D;;. The molecule has 0 unspecified atom stereocenters. The maximum absolute atomic E-state index is 8.21. The predicted octanol–water partition coefficient (Wildman–Crippen LogP) is 7.82. The molecule has 6 rings (SSSR count). The summed E-state index contributed by atoms with van der Waals surface area (Å²) in [5, 5.41) is 1.98. The summed E-state index contributed by atoms with van der Waals surface area (Å²) < 4.78 is 14.1. The van der Waals surface area contributed by atoms with Gasteiger partial charge in [0, 0.05) is 45.5 Å². The molecule has 4 heterocycles. The minimum atomic E-state index is -0.680. The normalized spacial score (nSPS) is 11.4. The molecule has 5 heteroatoms. The van der Waals surface area contributed by atoms with Crippen LogP contribution in [0.3, 0.4) is 0 Å². The third kappa shape index (κ3) is 5.43. The SMILES string of the molecule is Cc1ccc(-c2[c-]cccc2)nc1.[2H]C(C)(C)c1ccnc(-c2[c-]ccc3c2oc2ncccc23)c1.[Ir]. The maximum Gasteiger partial charge on any atom is 0.216 e. The third-order valence-electron chi connectivity index (χ3n) is 5.70. The first kappa shape index (κ1) is 24.1. The second kappa shape index (κ2) is 11.4. The first-order valence-corrected chi connectivity index (χ1v) is 11.4. The minimum absolute atomic E-state index is 0. The Kier molecular flexibility index (Phi) is 7.61. The van der Waals surface area contributed by atoms with E-state index < -0.39 is 5.89 Å². The summed E-state index contributed by atoms with van der Waals surface area (Å²) in [6, 6.07) is 29.8. The van der Waals surface area contributed by atoms with E-state index in [0.717, 1.165) is 44.4 Å². The van der Waals surface area contributed by atoms with Crippen LogP contribution in [0, 0.1) is 19.1 Å². The molecular weight excluding hydrogens is 623 g/mol. The molecule has 0 spiro atoms. The fourth-order valence-electron chi connectivity index (χ4n) is 3.82. The minimum Gasteiger partial charge on any atom is -0.486 e. The average Bonchev–Trinajstić information content (AvgIpc) is 3.29. The third-order valence-corrected chi connectivity index (χ3v) is 5.70. The molecule has 181 valence electrons. The van der Waals surface area contributed by atoms with Gasteiger partial charge in [0.2, 0.25) is 5.71 Å². The van der Waals surface area contributed by atoms with Gasteiger partial charge in [0.05, 0.1) is 5.58 Å². The number of fused-ring (bicyclic) bond motifs is 3. The predicted molar refractivity (Wildman–Crippen MR) is 141 cm³/mol. The van der Waals surface area contributed by atoms with Crippen molar-refractivity contribution in [2.24, 2.45) is 0 Å². The van der Waals surface area contributed by atoms with Crippen LogP contribution in [0.5, 0.6) is 0 Å². The van der Waals surface area contributed by atoms with E-state index in [-0.39, 0.29) is 20.1 Å². The topological polar surface area (TPSA) is 51.8 Å². The molecule has 0 saturated heterocycles. The number of aryl methyl sites for hydroxylation is 1. The van der Waals surface area contributed by atoms with Crippen LogP contribution in [-0.2, 0) is 20.1 Å². The first-order valence-electron chi connectivity index (χ1n) is 11.9. The van der Waals surface area contributed by atoms with Crippen molar-refractivity contribution in [3.63, 3.8) is 0 Å². The largest absolute Gasteiger partial charge is 0.486 e. The van der Waals surface area contributed by atoms with Crippen molar-refractivity contribution in [3.05, 3.63) is 115 Å². The van der Waals surface area contributed by atoms with Crippen molar-refractivity contribution in [1.82, 2.24) is 15.0 Å². The molecule has 0 fully saturated rings. The molecule has 0 aliphatic heterocycles. The van der Waals surface area contributed by atoms with Gasteiger partial charge in [0.1, 0.15) is 0 Å². The Labute approximate surface area is 226 Å². The van der Waals surface area contributed by atoms with Gasteiger partial charge in [-0.15, -0.1) is 54.1 Å².